The van der Waals surface area contributed by atoms with Crippen LogP contribution in [0.3, 0.4) is 0 Å². The van der Waals surface area contributed by atoms with Gasteiger partial charge in [-0.3, -0.25) is 4.79 Å². The lowest BCUT2D eigenvalue weighted by atomic mass is 9.99. The van der Waals surface area contributed by atoms with E-state index in [1.807, 2.05) is 11.0 Å². The van der Waals surface area contributed by atoms with E-state index < -0.39 is 0 Å². The number of benzene rings is 1. The van der Waals surface area contributed by atoms with E-state index in [-0.39, 0.29) is 18.3 Å². The molecule has 0 bridgehead atoms. The van der Waals surface area contributed by atoms with Crippen molar-refractivity contribution in [3.05, 3.63) is 35.9 Å². The number of nitrogens with two attached hydrogens (primary N) is 1. The van der Waals surface area contributed by atoms with E-state index in [9.17, 15) is 4.79 Å². The zero-order valence-corrected chi connectivity index (χ0v) is 11.4. The lowest BCUT2D eigenvalue weighted by Gasteiger charge is -2.16. The molecule has 1 aliphatic heterocycles. The summed E-state index contributed by atoms with van der Waals surface area (Å²) in [6, 6.07) is 10.5. The van der Waals surface area contributed by atoms with Crippen LogP contribution in [0.15, 0.2) is 30.3 Å². The summed E-state index contributed by atoms with van der Waals surface area (Å²) in [5, 5.41) is 0. The van der Waals surface area contributed by atoms with Crippen LogP contribution < -0.4 is 5.73 Å². The van der Waals surface area contributed by atoms with E-state index in [1.165, 1.54) is 5.56 Å². The number of hydrogen-bond donors (Lipinski definition) is 1. The normalized spacial score (nSPS) is 18.5. The van der Waals surface area contributed by atoms with Gasteiger partial charge in [0.25, 0.3) is 0 Å². The highest BCUT2D eigenvalue weighted by atomic mass is 35.5. The van der Waals surface area contributed by atoms with Gasteiger partial charge >= 0.3 is 0 Å². The topological polar surface area (TPSA) is 46.3 Å². The highest BCUT2D eigenvalue weighted by molar-refractivity contribution is 5.85. The van der Waals surface area contributed by atoms with E-state index >= 15 is 0 Å². The van der Waals surface area contributed by atoms with Gasteiger partial charge in [-0.2, -0.15) is 0 Å². The Hall–Kier alpha value is -1.06. The third-order valence-electron chi connectivity index (χ3n) is 3.41. The molecular formula is C14H21ClN2O. The SMILES string of the molecule is Cl.NCCCC(=O)N1CCC(c2ccccc2)C1. The number of hydrogen-bond acceptors (Lipinski definition) is 2. The second-order valence-electron chi connectivity index (χ2n) is 4.63. The maximum absolute atomic E-state index is 11.9. The summed E-state index contributed by atoms with van der Waals surface area (Å²) in [5.41, 5.74) is 6.77. The van der Waals surface area contributed by atoms with Crippen molar-refractivity contribution in [2.75, 3.05) is 19.6 Å². The summed E-state index contributed by atoms with van der Waals surface area (Å²) < 4.78 is 0. The highest BCUT2D eigenvalue weighted by Crippen LogP contribution is 2.27. The molecule has 0 spiro atoms. The van der Waals surface area contributed by atoms with Gasteiger partial charge in [0.15, 0.2) is 0 Å². The van der Waals surface area contributed by atoms with E-state index in [2.05, 4.69) is 24.3 Å². The lowest BCUT2D eigenvalue weighted by Crippen LogP contribution is -2.28. The fourth-order valence-corrected chi connectivity index (χ4v) is 2.40. The Labute approximate surface area is 115 Å². The minimum absolute atomic E-state index is 0. The molecular weight excluding hydrogens is 248 g/mol. The molecule has 4 heteroatoms. The smallest absolute Gasteiger partial charge is 0.222 e. The fourth-order valence-electron chi connectivity index (χ4n) is 2.40. The van der Waals surface area contributed by atoms with Crippen LogP contribution in [0.4, 0.5) is 0 Å². The Morgan fingerprint density at radius 3 is 2.72 bits per heavy atom. The number of rotatable bonds is 4. The standard InChI is InChI=1S/C14H20N2O.ClH/c15-9-4-7-14(17)16-10-8-13(11-16)12-5-2-1-3-6-12;/h1-3,5-6,13H,4,7-11,15H2;1H. The Bertz CT molecular complexity index is 369. The molecule has 2 N–H and O–H groups in total. The van der Waals surface area contributed by atoms with Crippen molar-refractivity contribution >= 4 is 18.3 Å². The van der Waals surface area contributed by atoms with Crippen LogP contribution in [0, 0.1) is 0 Å². The quantitative estimate of drug-likeness (QED) is 0.910. The van der Waals surface area contributed by atoms with Gasteiger partial charge in [-0.25, -0.2) is 0 Å². The molecule has 1 aromatic carbocycles. The zero-order valence-electron chi connectivity index (χ0n) is 10.5. The second-order valence-corrected chi connectivity index (χ2v) is 4.63. The molecule has 1 heterocycles. The molecule has 1 unspecified atom stereocenters. The first-order valence-electron chi connectivity index (χ1n) is 6.34. The molecule has 1 aliphatic rings. The summed E-state index contributed by atoms with van der Waals surface area (Å²) in [4.78, 5) is 13.8. The first-order valence-corrected chi connectivity index (χ1v) is 6.34. The van der Waals surface area contributed by atoms with Crippen LogP contribution in [0.2, 0.25) is 0 Å². The maximum Gasteiger partial charge on any atom is 0.222 e. The molecule has 0 saturated carbocycles. The zero-order chi connectivity index (χ0) is 12.1. The number of carbonyl (C=O) groups is 1. The molecule has 0 radical (unpaired) electrons. The summed E-state index contributed by atoms with van der Waals surface area (Å²) in [7, 11) is 0. The lowest BCUT2D eigenvalue weighted by molar-refractivity contribution is -0.130. The minimum Gasteiger partial charge on any atom is -0.342 e. The first-order chi connectivity index (χ1) is 8.31. The molecule has 2 rings (SSSR count). The number of carbonyl (C=O) groups excluding carboxylic acids is 1. The summed E-state index contributed by atoms with van der Waals surface area (Å²) in [6.07, 6.45) is 2.47. The van der Waals surface area contributed by atoms with Crippen molar-refractivity contribution < 1.29 is 4.79 Å². The van der Waals surface area contributed by atoms with Crippen molar-refractivity contribution in [1.82, 2.24) is 4.90 Å². The van der Waals surface area contributed by atoms with Crippen LogP contribution >= 0.6 is 12.4 Å². The predicted octanol–water partition coefficient (Wildman–Crippen LogP) is 2.16. The predicted molar refractivity (Wildman–Crippen MR) is 75.9 cm³/mol. The van der Waals surface area contributed by atoms with E-state index in [1.54, 1.807) is 0 Å². The molecule has 1 fully saturated rings. The Kier molecular flexibility index (Phi) is 6.16. The van der Waals surface area contributed by atoms with Crippen LogP contribution in [-0.4, -0.2) is 30.4 Å². The Balaban J connectivity index is 0.00000162. The monoisotopic (exact) mass is 268 g/mol. The van der Waals surface area contributed by atoms with Gasteiger partial charge in [0.2, 0.25) is 5.91 Å². The fraction of sp³-hybridized carbons (Fsp3) is 0.500. The van der Waals surface area contributed by atoms with E-state index in [4.69, 9.17) is 5.73 Å². The molecule has 1 atom stereocenters. The van der Waals surface area contributed by atoms with Crippen molar-refractivity contribution in [3.8, 4) is 0 Å². The first kappa shape index (κ1) is 15.0. The van der Waals surface area contributed by atoms with Gasteiger partial charge in [-0.15, -0.1) is 12.4 Å². The molecule has 0 aliphatic carbocycles. The van der Waals surface area contributed by atoms with Gasteiger partial charge in [-0.05, 0) is 24.9 Å². The average molecular weight is 269 g/mol. The van der Waals surface area contributed by atoms with Crippen molar-refractivity contribution in [3.63, 3.8) is 0 Å². The molecule has 1 aromatic rings. The molecule has 1 amide bonds. The number of nitrogens with zero attached hydrogens (tertiary/aromatic N) is 1. The van der Waals surface area contributed by atoms with Gasteiger partial charge in [0.05, 0.1) is 0 Å². The third-order valence-corrected chi connectivity index (χ3v) is 3.41. The van der Waals surface area contributed by atoms with Crippen molar-refractivity contribution in [1.29, 1.82) is 0 Å². The number of halogens is 1. The highest BCUT2D eigenvalue weighted by Gasteiger charge is 2.26. The summed E-state index contributed by atoms with van der Waals surface area (Å²) in [6.45, 7) is 2.36. The number of likely N-dealkylation sites (tertiary alicyclic amines) is 1. The van der Waals surface area contributed by atoms with Crippen LogP contribution in [0.5, 0.6) is 0 Å². The third kappa shape index (κ3) is 3.72. The summed E-state index contributed by atoms with van der Waals surface area (Å²) in [5.74, 6) is 0.770. The second kappa shape index (κ2) is 7.39. The van der Waals surface area contributed by atoms with Crippen molar-refractivity contribution in [2.45, 2.75) is 25.2 Å². The van der Waals surface area contributed by atoms with Gasteiger partial charge in [0.1, 0.15) is 0 Å². The molecule has 18 heavy (non-hydrogen) atoms. The van der Waals surface area contributed by atoms with Gasteiger partial charge in [0, 0.05) is 25.4 Å². The number of amides is 1. The molecule has 1 saturated heterocycles. The maximum atomic E-state index is 11.9. The summed E-state index contributed by atoms with van der Waals surface area (Å²) >= 11 is 0. The Morgan fingerprint density at radius 1 is 1.33 bits per heavy atom. The van der Waals surface area contributed by atoms with Gasteiger partial charge in [-0.1, -0.05) is 30.3 Å². The van der Waals surface area contributed by atoms with Crippen LogP contribution in [0.1, 0.15) is 30.7 Å². The van der Waals surface area contributed by atoms with Crippen molar-refractivity contribution in [2.24, 2.45) is 5.73 Å². The Morgan fingerprint density at radius 2 is 2.06 bits per heavy atom. The van der Waals surface area contributed by atoms with Crippen LogP contribution in [-0.2, 0) is 4.79 Å². The average Bonchev–Trinajstić information content (AvgIpc) is 2.86. The van der Waals surface area contributed by atoms with E-state index in [0.717, 1.165) is 25.9 Å². The van der Waals surface area contributed by atoms with Crippen LogP contribution in [0.25, 0.3) is 0 Å². The minimum atomic E-state index is 0. The molecule has 0 aromatic heterocycles. The van der Waals surface area contributed by atoms with E-state index in [0.29, 0.717) is 18.9 Å². The molecule has 100 valence electrons. The largest absolute Gasteiger partial charge is 0.342 e. The van der Waals surface area contributed by atoms with Gasteiger partial charge < -0.3 is 10.6 Å². The molecule has 3 nitrogen and oxygen atoms in total.